The van der Waals surface area contributed by atoms with Crippen molar-refractivity contribution in [2.24, 2.45) is 5.41 Å². The quantitative estimate of drug-likeness (QED) is 0.619. The molecule has 1 saturated heterocycles. The molecule has 3 heteroatoms. The van der Waals surface area contributed by atoms with Crippen LogP contribution in [0, 0.1) is 5.41 Å². The van der Waals surface area contributed by atoms with Crippen molar-refractivity contribution in [1.82, 2.24) is 10.3 Å². The first-order chi connectivity index (χ1) is 13.4. The third kappa shape index (κ3) is 3.09. The van der Waals surface area contributed by atoms with Gasteiger partial charge in [0.15, 0.2) is 0 Å². The monoisotopic (exact) mass is 360 g/mol. The Morgan fingerprint density at radius 3 is 2.78 bits per heavy atom. The number of hydrogen-bond donors (Lipinski definition) is 2. The molecule has 0 bridgehead atoms. The molecule has 2 heterocycles. The van der Waals surface area contributed by atoms with Gasteiger partial charge in [-0.25, -0.2) is 0 Å². The molecule has 3 aromatic rings. The van der Waals surface area contributed by atoms with E-state index in [2.05, 4.69) is 64.9 Å². The number of aryl methyl sites for hydroxylation is 1. The summed E-state index contributed by atoms with van der Waals surface area (Å²) in [6.45, 7) is 2.67. The van der Waals surface area contributed by atoms with E-state index in [1.165, 1.54) is 47.0 Å². The number of H-pyrrole nitrogens is 1. The van der Waals surface area contributed by atoms with Crippen LogP contribution in [-0.2, 0) is 17.8 Å². The Balaban J connectivity index is 1.36. The molecule has 0 amide bonds. The number of hydrogen-bond acceptors (Lipinski definition) is 2. The molecule has 1 aliphatic carbocycles. The van der Waals surface area contributed by atoms with E-state index < -0.39 is 0 Å². The fraction of sp³-hybridized carbons (Fsp3) is 0.417. The van der Waals surface area contributed by atoms with Crippen LogP contribution < -0.4 is 5.32 Å². The van der Waals surface area contributed by atoms with Crippen LogP contribution in [0.2, 0.25) is 0 Å². The molecule has 0 spiro atoms. The summed E-state index contributed by atoms with van der Waals surface area (Å²) in [6, 6.07) is 19.7. The highest BCUT2D eigenvalue weighted by molar-refractivity contribution is 5.85. The van der Waals surface area contributed by atoms with Crippen molar-refractivity contribution in [3.8, 4) is 0 Å². The number of para-hydroxylation sites is 1. The molecule has 2 N–H and O–H groups in total. The minimum absolute atomic E-state index is 0.326. The molecular weight excluding hydrogens is 332 g/mol. The van der Waals surface area contributed by atoms with Crippen molar-refractivity contribution in [1.29, 1.82) is 0 Å². The Morgan fingerprint density at radius 2 is 1.85 bits per heavy atom. The van der Waals surface area contributed by atoms with E-state index in [1.54, 1.807) is 0 Å². The SMILES string of the molecule is c1ccc(COCC[C@]23CCCN[C@@H]2c2c([nH]c4ccccc24)CC3)cc1. The molecule has 2 aliphatic rings. The first-order valence-electron chi connectivity index (χ1n) is 10.3. The lowest BCUT2D eigenvalue weighted by molar-refractivity contribution is 0.0362. The van der Waals surface area contributed by atoms with Gasteiger partial charge in [-0.2, -0.15) is 0 Å². The lowest BCUT2D eigenvalue weighted by Gasteiger charge is -2.48. The standard InChI is InChI=1S/C24H28N2O/c1-2-7-18(8-3-1)17-27-16-14-24-12-6-15-25-23(24)22-19-9-4-5-10-20(19)26-21(22)11-13-24/h1-5,7-10,23,25-26H,6,11-17H2/t23-,24-/m1/s1. The average molecular weight is 361 g/mol. The fourth-order valence-corrected chi connectivity index (χ4v) is 5.28. The number of ether oxygens (including phenoxy) is 1. The number of piperidine rings is 1. The normalized spacial score (nSPS) is 24.5. The molecule has 140 valence electrons. The number of fused-ring (bicyclic) bond motifs is 5. The lowest BCUT2D eigenvalue weighted by atomic mass is 9.63. The number of nitrogens with one attached hydrogen (secondary N) is 2. The number of aromatic nitrogens is 1. The Labute approximate surface area is 161 Å². The maximum atomic E-state index is 6.09. The summed E-state index contributed by atoms with van der Waals surface area (Å²) in [5.74, 6) is 0. The maximum absolute atomic E-state index is 6.09. The zero-order valence-corrected chi connectivity index (χ0v) is 15.8. The van der Waals surface area contributed by atoms with Crippen molar-refractivity contribution in [3.05, 3.63) is 71.4 Å². The first-order valence-corrected chi connectivity index (χ1v) is 10.3. The zero-order chi connectivity index (χ0) is 18.1. The Morgan fingerprint density at radius 1 is 1.00 bits per heavy atom. The van der Waals surface area contributed by atoms with Crippen LogP contribution >= 0.6 is 0 Å². The van der Waals surface area contributed by atoms with Crippen LogP contribution in [0.1, 0.15) is 48.5 Å². The van der Waals surface area contributed by atoms with Crippen molar-refractivity contribution < 1.29 is 4.74 Å². The smallest absolute Gasteiger partial charge is 0.0716 e. The number of rotatable bonds is 5. The van der Waals surface area contributed by atoms with Gasteiger partial charge in [-0.1, -0.05) is 48.5 Å². The van der Waals surface area contributed by atoms with Crippen molar-refractivity contribution in [3.63, 3.8) is 0 Å². The molecule has 27 heavy (non-hydrogen) atoms. The summed E-state index contributed by atoms with van der Waals surface area (Å²) in [6.07, 6.45) is 6.11. The van der Waals surface area contributed by atoms with Gasteiger partial charge in [-0.15, -0.1) is 0 Å². The number of aromatic amines is 1. The van der Waals surface area contributed by atoms with Gasteiger partial charge >= 0.3 is 0 Å². The zero-order valence-electron chi connectivity index (χ0n) is 15.8. The Hall–Kier alpha value is -2.10. The van der Waals surface area contributed by atoms with E-state index in [9.17, 15) is 0 Å². The lowest BCUT2D eigenvalue weighted by Crippen LogP contribution is -2.46. The number of benzene rings is 2. The van der Waals surface area contributed by atoms with Crippen LogP contribution in [0.15, 0.2) is 54.6 Å². The fourth-order valence-electron chi connectivity index (χ4n) is 5.28. The van der Waals surface area contributed by atoms with Gasteiger partial charge in [0.2, 0.25) is 0 Å². The molecule has 1 aliphatic heterocycles. The highest BCUT2D eigenvalue weighted by Gasteiger charge is 2.45. The van der Waals surface area contributed by atoms with Crippen molar-refractivity contribution >= 4 is 10.9 Å². The van der Waals surface area contributed by atoms with E-state index in [0.717, 1.165) is 26.0 Å². The molecular formula is C24H28N2O. The third-order valence-electron chi connectivity index (χ3n) is 6.66. The molecule has 1 aromatic heterocycles. The maximum Gasteiger partial charge on any atom is 0.0716 e. The second kappa shape index (κ2) is 7.14. The van der Waals surface area contributed by atoms with Gasteiger partial charge < -0.3 is 15.0 Å². The summed E-state index contributed by atoms with van der Waals surface area (Å²) >= 11 is 0. The summed E-state index contributed by atoms with van der Waals surface area (Å²) in [4.78, 5) is 3.68. The minimum Gasteiger partial charge on any atom is -0.377 e. The van der Waals surface area contributed by atoms with Crippen LogP contribution in [0.4, 0.5) is 0 Å². The largest absolute Gasteiger partial charge is 0.377 e. The van der Waals surface area contributed by atoms with Crippen molar-refractivity contribution in [2.45, 2.75) is 44.8 Å². The van der Waals surface area contributed by atoms with Gasteiger partial charge in [0, 0.05) is 29.2 Å². The van der Waals surface area contributed by atoms with E-state index >= 15 is 0 Å². The highest BCUT2D eigenvalue weighted by atomic mass is 16.5. The molecule has 0 saturated carbocycles. The van der Waals surface area contributed by atoms with E-state index in [4.69, 9.17) is 4.74 Å². The second-order valence-electron chi connectivity index (χ2n) is 8.20. The van der Waals surface area contributed by atoms with Crippen molar-refractivity contribution in [2.75, 3.05) is 13.2 Å². The van der Waals surface area contributed by atoms with Gasteiger partial charge in [-0.05, 0) is 61.3 Å². The summed E-state index contributed by atoms with van der Waals surface area (Å²) in [7, 11) is 0. The summed E-state index contributed by atoms with van der Waals surface area (Å²) < 4.78 is 6.09. The van der Waals surface area contributed by atoms with E-state index in [0.29, 0.717) is 18.1 Å². The Bertz CT molecular complexity index is 917. The molecule has 5 rings (SSSR count). The average Bonchev–Trinajstić information content (AvgIpc) is 3.11. The van der Waals surface area contributed by atoms with Gasteiger partial charge in [-0.3, -0.25) is 0 Å². The van der Waals surface area contributed by atoms with Crippen LogP contribution in [-0.4, -0.2) is 18.1 Å². The molecule has 1 fully saturated rings. The van der Waals surface area contributed by atoms with Gasteiger partial charge in [0.05, 0.1) is 6.61 Å². The second-order valence-corrected chi connectivity index (χ2v) is 8.20. The predicted octanol–water partition coefficient (Wildman–Crippen LogP) is 5.13. The summed E-state index contributed by atoms with van der Waals surface area (Å²) in [5.41, 5.74) is 5.84. The molecule has 2 aromatic carbocycles. The van der Waals surface area contributed by atoms with Gasteiger partial charge in [0.25, 0.3) is 0 Å². The van der Waals surface area contributed by atoms with Gasteiger partial charge in [0.1, 0.15) is 0 Å². The Kier molecular flexibility index (Phi) is 4.50. The minimum atomic E-state index is 0.326. The molecule has 3 nitrogen and oxygen atoms in total. The first kappa shape index (κ1) is 17.0. The molecule has 0 radical (unpaired) electrons. The van der Waals surface area contributed by atoms with Crippen LogP contribution in [0.3, 0.4) is 0 Å². The van der Waals surface area contributed by atoms with E-state index in [-0.39, 0.29) is 0 Å². The highest BCUT2D eigenvalue weighted by Crippen LogP contribution is 2.52. The van der Waals surface area contributed by atoms with Crippen LogP contribution in [0.5, 0.6) is 0 Å². The predicted molar refractivity (Wildman–Crippen MR) is 110 cm³/mol. The molecule has 2 atom stereocenters. The third-order valence-corrected chi connectivity index (χ3v) is 6.66. The molecule has 0 unspecified atom stereocenters. The summed E-state index contributed by atoms with van der Waals surface area (Å²) in [5, 5.41) is 5.28. The van der Waals surface area contributed by atoms with Crippen LogP contribution in [0.25, 0.3) is 10.9 Å². The van der Waals surface area contributed by atoms with E-state index in [1.807, 2.05) is 0 Å². The topological polar surface area (TPSA) is 37.0 Å².